The van der Waals surface area contributed by atoms with E-state index in [1.165, 1.54) is 6.07 Å². The van der Waals surface area contributed by atoms with Crippen molar-refractivity contribution in [2.75, 3.05) is 7.05 Å². The van der Waals surface area contributed by atoms with Crippen LogP contribution in [0.2, 0.25) is 0 Å². The summed E-state index contributed by atoms with van der Waals surface area (Å²) < 4.78 is 15.7. The minimum Gasteiger partial charge on any atom is -0.486 e. The summed E-state index contributed by atoms with van der Waals surface area (Å²) in [6.07, 6.45) is 1.57. The molecular weight excluding hydrogens is 336 g/mol. The number of benzene rings is 1. The number of hydrogen-bond donors (Lipinski definition) is 1. The molecule has 7 heteroatoms. The Labute approximate surface area is 150 Å². The maximum atomic E-state index is 10.8. The lowest BCUT2D eigenvalue weighted by Crippen LogP contribution is -2.22. The fourth-order valence-corrected chi connectivity index (χ4v) is 2.50. The fourth-order valence-electron chi connectivity index (χ4n) is 2.50. The van der Waals surface area contributed by atoms with Crippen molar-refractivity contribution < 1.29 is 23.6 Å². The SMILES string of the molecule is C[C@H](c1ccon1)N(C)Cc1ccc(OCc2ccc(C(=O)O)o2)cc1. The van der Waals surface area contributed by atoms with Gasteiger partial charge in [0, 0.05) is 12.6 Å². The third-order valence-corrected chi connectivity index (χ3v) is 4.16. The summed E-state index contributed by atoms with van der Waals surface area (Å²) in [7, 11) is 2.03. The van der Waals surface area contributed by atoms with Crippen molar-refractivity contribution in [1.82, 2.24) is 10.1 Å². The number of furan rings is 1. The molecule has 3 aromatic rings. The molecule has 0 saturated carbocycles. The zero-order valence-electron chi connectivity index (χ0n) is 14.6. The van der Waals surface area contributed by atoms with Crippen molar-refractivity contribution in [2.45, 2.75) is 26.1 Å². The van der Waals surface area contributed by atoms with Gasteiger partial charge in [-0.15, -0.1) is 0 Å². The summed E-state index contributed by atoms with van der Waals surface area (Å²) in [6, 6.07) is 12.8. The van der Waals surface area contributed by atoms with Crippen molar-refractivity contribution in [1.29, 1.82) is 0 Å². The fraction of sp³-hybridized carbons (Fsp3) is 0.263. The van der Waals surface area contributed by atoms with Gasteiger partial charge < -0.3 is 18.8 Å². The van der Waals surface area contributed by atoms with E-state index in [-0.39, 0.29) is 18.4 Å². The first kappa shape index (κ1) is 17.8. The van der Waals surface area contributed by atoms with Gasteiger partial charge in [0.05, 0.1) is 6.04 Å². The predicted octanol–water partition coefficient (Wildman–Crippen LogP) is 3.74. The molecule has 26 heavy (non-hydrogen) atoms. The van der Waals surface area contributed by atoms with Crippen molar-refractivity contribution in [2.24, 2.45) is 0 Å². The highest BCUT2D eigenvalue weighted by Crippen LogP contribution is 2.21. The van der Waals surface area contributed by atoms with Gasteiger partial charge in [0.2, 0.25) is 5.76 Å². The van der Waals surface area contributed by atoms with Gasteiger partial charge in [-0.25, -0.2) is 4.79 Å². The highest BCUT2D eigenvalue weighted by molar-refractivity contribution is 5.84. The average molecular weight is 356 g/mol. The molecule has 2 heterocycles. The maximum Gasteiger partial charge on any atom is 0.371 e. The molecule has 136 valence electrons. The number of aromatic carboxylic acids is 1. The Morgan fingerprint density at radius 2 is 2.00 bits per heavy atom. The summed E-state index contributed by atoms with van der Waals surface area (Å²) in [5.41, 5.74) is 2.04. The molecule has 7 nitrogen and oxygen atoms in total. The molecule has 0 aliphatic heterocycles. The molecule has 3 rings (SSSR count). The maximum absolute atomic E-state index is 10.8. The van der Waals surface area contributed by atoms with Crippen molar-refractivity contribution in [3.63, 3.8) is 0 Å². The van der Waals surface area contributed by atoms with Crippen LogP contribution in [-0.2, 0) is 13.2 Å². The van der Waals surface area contributed by atoms with Crippen LogP contribution in [-0.4, -0.2) is 28.2 Å². The lowest BCUT2D eigenvalue weighted by molar-refractivity contribution is 0.0658. The van der Waals surface area contributed by atoms with Crippen LogP contribution in [0.25, 0.3) is 0 Å². The molecular formula is C19H20N2O5. The second kappa shape index (κ2) is 7.88. The molecule has 0 aliphatic rings. The second-order valence-electron chi connectivity index (χ2n) is 6.02. The molecule has 0 spiro atoms. The summed E-state index contributed by atoms with van der Waals surface area (Å²) in [5.74, 6) is -0.0327. The highest BCUT2D eigenvalue weighted by Gasteiger charge is 2.14. The van der Waals surface area contributed by atoms with Crippen LogP contribution in [0.4, 0.5) is 0 Å². The van der Waals surface area contributed by atoms with Gasteiger partial charge in [0.15, 0.2) is 0 Å². The van der Waals surface area contributed by atoms with E-state index in [1.807, 2.05) is 37.4 Å². The molecule has 0 fully saturated rings. The van der Waals surface area contributed by atoms with Crippen LogP contribution in [0, 0.1) is 0 Å². The molecule has 0 aliphatic carbocycles. The van der Waals surface area contributed by atoms with Gasteiger partial charge in [0.1, 0.15) is 30.1 Å². The third-order valence-electron chi connectivity index (χ3n) is 4.16. The molecule has 0 radical (unpaired) electrons. The number of nitrogens with zero attached hydrogens (tertiary/aromatic N) is 2. The van der Waals surface area contributed by atoms with E-state index in [9.17, 15) is 4.79 Å². The zero-order chi connectivity index (χ0) is 18.5. The van der Waals surface area contributed by atoms with E-state index in [4.69, 9.17) is 18.8 Å². The monoisotopic (exact) mass is 356 g/mol. The molecule has 0 unspecified atom stereocenters. The van der Waals surface area contributed by atoms with E-state index in [0.29, 0.717) is 11.5 Å². The molecule has 1 atom stereocenters. The average Bonchev–Trinajstić information content (AvgIpc) is 3.32. The standard InChI is InChI=1S/C19H20N2O5/c1-13(17-9-10-25-20-17)21(2)11-14-3-5-15(6-4-14)24-12-16-7-8-18(26-16)19(22)23/h3-10,13H,11-12H2,1-2H3,(H,22,23)/t13-/m1/s1. The van der Waals surface area contributed by atoms with E-state index < -0.39 is 5.97 Å². The first-order valence-corrected chi connectivity index (χ1v) is 8.17. The number of carboxylic acid groups (broad SMARTS) is 1. The van der Waals surface area contributed by atoms with Crippen LogP contribution in [0.15, 0.2) is 57.7 Å². The minimum atomic E-state index is -1.09. The summed E-state index contributed by atoms with van der Waals surface area (Å²) in [6.45, 7) is 3.01. The van der Waals surface area contributed by atoms with Crippen LogP contribution in [0.3, 0.4) is 0 Å². The first-order valence-electron chi connectivity index (χ1n) is 8.17. The highest BCUT2D eigenvalue weighted by atomic mass is 16.5. The van der Waals surface area contributed by atoms with Gasteiger partial charge in [-0.3, -0.25) is 4.90 Å². The summed E-state index contributed by atoms with van der Waals surface area (Å²) in [5, 5.41) is 12.8. The lowest BCUT2D eigenvalue weighted by Gasteiger charge is -2.22. The molecule has 1 aromatic carbocycles. The Bertz CT molecular complexity index is 839. The van der Waals surface area contributed by atoms with Crippen LogP contribution >= 0.6 is 0 Å². The van der Waals surface area contributed by atoms with Gasteiger partial charge >= 0.3 is 5.97 Å². The summed E-state index contributed by atoms with van der Waals surface area (Å²) in [4.78, 5) is 13.0. The van der Waals surface area contributed by atoms with Crippen molar-refractivity contribution in [3.8, 4) is 5.75 Å². The van der Waals surface area contributed by atoms with Gasteiger partial charge in [-0.05, 0) is 43.8 Å². The minimum absolute atomic E-state index is 0.0942. The summed E-state index contributed by atoms with van der Waals surface area (Å²) >= 11 is 0. The molecule has 0 saturated heterocycles. The Balaban J connectivity index is 1.53. The Hall–Kier alpha value is -3.06. The number of carbonyl (C=O) groups is 1. The number of carboxylic acids is 1. The van der Waals surface area contributed by atoms with Crippen LogP contribution in [0.1, 0.15) is 40.5 Å². The third kappa shape index (κ3) is 4.31. The first-order chi connectivity index (χ1) is 12.5. The van der Waals surface area contributed by atoms with Crippen molar-refractivity contribution >= 4 is 5.97 Å². The van der Waals surface area contributed by atoms with Gasteiger partial charge in [0.25, 0.3) is 0 Å². The number of rotatable bonds is 8. The second-order valence-corrected chi connectivity index (χ2v) is 6.02. The van der Waals surface area contributed by atoms with Crippen LogP contribution in [0.5, 0.6) is 5.75 Å². The van der Waals surface area contributed by atoms with Gasteiger partial charge in [-0.2, -0.15) is 0 Å². The van der Waals surface area contributed by atoms with Crippen LogP contribution < -0.4 is 4.74 Å². The van der Waals surface area contributed by atoms with E-state index >= 15 is 0 Å². The quantitative estimate of drug-likeness (QED) is 0.657. The Morgan fingerprint density at radius 1 is 1.23 bits per heavy atom. The molecule has 0 bridgehead atoms. The van der Waals surface area contributed by atoms with E-state index in [2.05, 4.69) is 17.0 Å². The largest absolute Gasteiger partial charge is 0.486 e. The predicted molar refractivity (Wildman–Crippen MR) is 92.8 cm³/mol. The van der Waals surface area contributed by atoms with Crippen molar-refractivity contribution in [3.05, 3.63) is 71.5 Å². The smallest absolute Gasteiger partial charge is 0.371 e. The van der Waals surface area contributed by atoms with Gasteiger partial charge in [-0.1, -0.05) is 17.3 Å². The molecule has 2 aromatic heterocycles. The zero-order valence-corrected chi connectivity index (χ0v) is 14.6. The Kier molecular flexibility index (Phi) is 5.38. The molecule has 0 amide bonds. The van der Waals surface area contributed by atoms with E-state index in [1.54, 1.807) is 12.3 Å². The lowest BCUT2D eigenvalue weighted by atomic mass is 10.1. The number of ether oxygens (including phenoxy) is 1. The topological polar surface area (TPSA) is 88.9 Å². The van der Waals surface area contributed by atoms with E-state index in [0.717, 1.165) is 17.8 Å². The Morgan fingerprint density at radius 3 is 2.62 bits per heavy atom. The number of hydrogen-bond acceptors (Lipinski definition) is 6. The normalized spacial score (nSPS) is 12.3. The number of aromatic nitrogens is 1. The molecule has 1 N–H and O–H groups in total.